The molecule has 1 aromatic heterocycles. The van der Waals surface area contributed by atoms with Gasteiger partial charge in [0.05, 0.1) is 11.0 Å². The van der Waals surface area contributed by atoms with Crippen molar-refractivity contribution in [2.45, 2.75) is 25.7 Å². The molecule has 1 atom stereocenters. The van der Waals surface area contributed by atoms with Crippen molar-refractivity contribution in [1.82, 2.24) is 20.2 Å². The van der Waals surface area contributed by atoms with Crippen LogP contribution in [0.25, 0.3) is 11.0 Å². The number of aromatic amines is 1. The number of H-pyrrole nitrogens is 1. The molecule has 0 unspecified atom stereocenters. The molecule has 0 spiro atoms. The Kier molecular flexibility index (Phi) is 3.87. The fourth-order valence-electron chi connectivity index (χ4n) is 2.81. The van der Waals surface area contributed by atoms with Gasteiger partial charge in [-0.3, -0.25) is 0 Å². The smallest absolute Gasteiger partial charge is 0.168 e. The SMILES string of the molecule is CCNC(=S)N1CCC[C@H](c2nc3ccccc3[nH]2)C1. The summed E-state index contributed by atoms with van der Waals surface area (Å²) in [6.07, 6.45) is 2.33. The van der Waals surface area contributed by atoms with Crippen molar-refractivity contribution in [3.05, 3.63) is 30.1 Å². The molecule has 0 saturated carbocycles. The van der Waals surface area contributed by atoms with Crippen LogP contribution in [0, 0.1) is 0 Å². The number of likely N-dealkylation sites (tertiary alicyclic amines) is 1. The second kappa shape index (κ2) is 5.79. The number of hydrogen-bond donors (Lipinski definition) is 2. The summed E-state index contributed by atoms with van der Waals surface area (Å²) in [6.45, 7) is 4.95. The molecule has 1 aliphatic rings. The molecule has 106 valence electrons. The molecule has 2 N–H and O–H groups in total. The van der Waals surface area contributed by atoms with Crippen molar-refractivity contribution in [2.75, 3.05) is 19.6 Å². The molecule has 0 bridgehead atoms. The Bertz CT molecular complexity index is 574. The van der Waals surface area contributed by atoms with Gasteiger partial charge in [-0.05, 0) is 44.1 Å². The minimum absolute atomic E-state index is 0.438. The lowest BCUT2D eigenvalue weighted by Gasteiger charge is -2.33. The van der Waals surface area contributed by atoms with Gasteiger partial charge in [-0.1, -0.05) is 12.1 Å². The Morgan fingerprint density at radius 1 is 1.50 bits per heavy atom. The highest BCUT2D eigenvalue weighted by Crippen LogP contribution is 2.26. The summed E-state index contributed by atoms with van der Waals surface area (Å²) >= 11 is 5.42. The van der Waals surface area contributed by atoms with Crippen molar-refractivity contribution in [3.8, 4) is 0 Å². The van der Waals surface area contributed by atoms with Crippen LogP contribution >= 0.6 is 12.2 Å². The lowest BCUT2D eigenvalue weighted by Crippen LogP contribution is -2.44. The predicted octanol–water partition coefficient (Wildman–Crippen LogP) is 2.64. The highest BCUT2D eigenvalue weighted by molar-refractivity contribution is 7.80. The molecule has 1 fully saturated rings. The molecule has 2 heterocycles. The van der Waals surface area contributed by atoms with Crippen LogP contribution in [0.3, 0.4) is 0 Å². The van der Waals surface area contributed by atoms with Crippen LogP contribution in [0.1, 0.15) is 31.5 Å². The van der Waals surface area contributed by atoms with Crippen molar-refractivity contribution in [3.63, 3.8) is 0 Å². The minimum atomic E-state index is 0.438. The quantitative estimate of drug-likeness (QED) is 0.834. The summed E-state index contributed by atoms with van der Waals surface area (Å²) < 4.78 is 0. The van der Waals surface area contributed by atoms with Gasteiger partial charge in [0.25, 0.3) is 0 Å². The van der Waals surface area contributed by atoms with E-state index in [2.05, 4.69) is 34.3 Å². The molecule has 0 amide bonds. The lowest BCUT2D eigenvalue weighted by molar-refractivity contribution is 0.300. The van der Waals surface area contributed by atoms with Gasteiger partial charge < -0.3 is 15.2 Å². The molecule has 0 aliphatic carbocycles. The molecule has 5 heteroatoms. The van der Waals surface area contributed by atoms with E-state index in [0.717, 1.165) is 48.0 Å². The number of benzene rings is 1. The number of nitrogens with one attached hydrogen (secondary N) is 2. The highest BCUT2D eigenvalue weighted by atomic mass is 32.1. The van der Waals surface area contributed by atoms with Gasteiger partial charge >= 0.3 is 0 Å². The van der Waals surface area contributed by atoms with Gasteiger partial charge in [0.2, 0.25) is 0 Å². The van der Waals surface area contributed by atoms with E-state index < -0.39 is 0 Å². The fourth-order valence-corrected chi connectivity index (χ4v) is 3.12. The average molecular weight is 288 g/mol. The molecule has 1 aliphatic heterocycles. The molecule has 1 aromatic carbocycles. The van der Waals surface area contributed by atoms with Gasteiger partial charge in [-0.15, -0.1) is 0 Å². The Labute approximate surface area is 124 Å². The zero-order valence-electron chi connectivity index (χ0n) is 11.7. The monoisotopic (exact) mass is 288 g/mol. The van der Waals surface area contributed by atoms with Crippen LogP contribution < -0.4 is 5.32 Å². The van der Waals surface area contributed by atoms with Crippen molar-refractivity contribution < 1.29 is 0 Å². The number of thiocarbonyl (C=S) groups is 1. The van der Waals surface area contributed by atoms with Gasteiger partial charge in [0.1, 0.15) is 5.82 Å². The number of piperidine rings is 1. The van der Waals surface area contributed by atoms with Crippen LogP contribution in [0.5, 0.6) is 0 Å². The molecular formula is C15H20N4S. The number of hydrogen-bond acceptors (Lipinski definition) is 2. The van der Waals surface area contributed by atoms with Crippen molar-refractivity contribution in [2.24, 2.45) is 0 Å². The number of imidazole rings is 1. The highest BCUT2D eigenvalue weighted by Gasteiger charge is 2.24. The van der Waals surface area contributed by atoms with Crippen molar-refractivity contribution >= 4 is 28.4 Å². The maximum absolute atomic E-state index is 5.42. The molecule has 3 rings (SSSR count). The number of fused-ring (bicyclic) bond motifs is 1. The summed E-state index contributed by atoms with van der Waals surface area (Å²) in [7, 11) is 0. The molecule has 1 saturated heterocycles. The largest absolute Gasteiger partial charge is 0.363 e. The first-order chi connectivity index (χ1) is 9.78. The average Bonchev–Trinajstić information content (AvgIpc) is 2.91. The van der Waals surface area contributed by atoms with Gasteiger partial charge in [-0.25, -0.2) is 4.98 Å². The van der Waals surface area contributed by atoms with E-state index in [1.54, 1.807) is 0 Å². The number of rotatable bonds is 2. The van der Waals surface area contributed by atoms with Crippen molar-refractivity contribution in [1.29, 1.82) is 0 Å². The standard InChI is InChI=1S/C15H20N4S/c1-2-16-15(20)19-9-5-6-11(10-19)14-17-12-7-3-4-8-13(12)18-14/h3-4,7-8,11H,2,5-6,9-10H2,1H3,(H,16,20)(H,17,18)/t11-/m0/s1. The first-order valence-corrected chi connectivity index (χ1v) is 7.66. The summed E-state index contributed by atoms with van der Waals surface area (Å²) in [5, 5.41) is 4.11. The van der Waals surface area contributed by atoms with E-state index >= 15 is 0 Å². The molecule has 20 heavy (non-hydrogen) atoms. The Balaban J connectivity index is 1.77. The Hall–Kier alpha value is -1.62. The van der Waals surface area contributed by atoms with E-state index in [1.807, 2.05) is 12.1 Å². The first kappa shape index (κ1) is 13.4. The minimum Gasteiger partial charge on any atom is -0.363 e. The zero-order valence-corrected chi connectivity index (χ0v) is 12.5. The maximum atomic E-state index is 5.42. The second-order valence-corrected chi connectivity index (χ2v) is 5.65. The summed E-state index contributed by atoms with van der Waals surface area (Å²) in [6, 6.07) is 8.20. The lowest BCUT2D eigenvalue weighted by atomic mass is 9.98. The Morgan fingerprint density at radius 2 is 2.35 bits per heavy atom. The van der Waals surface area contributed by atoms with E-state index in [-0.39, 0.29) is 0 Å². The summed E-state index contributed by atoms with van der Waals surface area (Å²) in [5.74, 6) is 1.53. The van der Waals surface area contributed by atoms with Crippen LogP contribution in [-0.2, 0) is 0 Å². The summed E-state index contributed by atoms with van der Waals surface area (Å²) in [4.78, 5) is 10.4. The van der Waals surface area contributed by atoms with Crippen LogP contribution in [0.4, 0.5) is 0 Å². The topological polar surface area (TPSA) is 44.0 Å². The van der Waals surface area contributed by atoms with E-state index in [1.165, 1.54) is 6.42 Å². The zero-order chi connectivity index (χ0) is 13.9. The third kappa shape index (κ3) is 2.63. The predicted molar refractivity (Wildman–Crippen MR) is 85.9 cm³/mol. The van der Waals surface area contributed by atoms with E-state index in [4.69, 9.17) is 17.2 Å². The summed E-state index contributed by atoms with van der Waals surface area (Å²) in [5.41, 5.74) is 2.17. The van der Waals surface area contributed by atoms with Crippen LogP contribution in [-0.4, -0.2) is 39.6 Å². The maximum Gasteiger partial charge on any atom is 0.168 e. The molecular weight excluding hydrogens is 268 g/mol. The number of aromatic nitrogens is 2. The third-order valence-electron chi connectivity index (χ3n) is 3.83. The van der Waals surface area contributed by atoms with E-state index in [0.29, 0.717) is 5.92 Å². The second-order valence-electron chi connectivity index (χ2n) is 5.26. The molecule has 4 nitrogen and oxygen atoms in total. The third-order valence-corrected chi connectivity index (χ3v) is 4.23. The molecule has 2 aromatic rings. The Morgan fingerprint density at radius 3 is 3.15 bits per heavy atom. The number of nitrogens with zero attached hydrogens (tertiary/aromatic N) is 2. The van der Waals surface area contributed by atoms with Crippen LogP contribution in [0.2, 0.25) is 0 Å². The van der Waals surface area contributed by atoms with Gasteiger partial charge in [0, 0.05) is 25.6 Å². The van der Waals surface area contributed by atoms with Gasteiger partial charge in [0.15, 0.2) is 5.11 Å². The van der Waals surface area contributed by atoms with Crippen LogP contribution in [0.15, 0.2) is 24.3 Å². The van der Waals surface area contributed by atoms with Gasteiger partial charge in [-0.2, -0.15) is 0 Å². The first-order valence-electron chi connectivity index (χ1n) is 7.25. The molecule has 0 radical (unpaired) electrons. The fraction of sp³-hybridized carbons (Fsp3) is 0.467. The normalized spacial score (nSPS) is 19.2. The number of para-hydroxylation sites is 2. The van der Waals surface area contributed by atoms with E-state index in [9.17, 15) is 0 Å².